The van der Waals surface area contributed by atoms with Crippen molar-refractivity contribution in [2.24, 2.45) is 0 Å². The van der Waals surface area contributed by atoms with E-state index < -0.39 is 0 Å². The molecule has 0 N–H and O–H groups in total. The molecule has 0 aliphatic carbocycles. The van der Waals surface area contributed by atoms with Crippen LogP contribution in [0.3, 0.4) is 0 Å². The Morgan fingerprint density at radius 3 is 1.71 bits per heavy atom. The first-order chi connectivity index (χ1) is 20.3. The van der Waals surface area contributed by atoms with Gasteiger partial charge in [0.25, 0.3) is 0 Å². The van der Waals surface area contributed by atoms with Crippen LogP contribution in [0.1, 0.15) is 0 Å². The number of rotatable bonds is 4. The maximum atomic E-state index is 5.14. The second-order valence-corrected chi connectivity index (χ2v) is 10.1. The number of hydrogen-bond donors (Lipinski definition) is 0. The van der Waals surface area contributed by atoms with Crippen LogP contribution in [0.25, 0.3) is 72.4 Å². The molecule has 0 saturated carbocycles. The monoisotopic (exact) mass is 524 g/mol. The third-order valence-corrected chi connectivity index (χ3v) is 7.66. The predicted octanol–water partition coefficient (Wildman–Crippen LogP) is 9.12. The third-order valence-electron chi connectivity index (χ3n) is 7.66. The van der Waals surface area contributed by atoms with Crippen molar-refractivity contribution < 1.29 is 0 Å². The average molecular weight is 525 g/mol. The van der Waals surface area contributed by atoms with Crippen LogP contribution in [0.15, 0.2) is 146 Å². The molecule has 2 aromatic heterocycles. The van der Waals surface area contributed by atoms with Gasteiger partial charge in [-0.05, 0) is 40.1 Å². The molecule has 6 aromatic carbocycles. The quantitative estimate of drug-likeness (QED) is 0.231. The van der Waals surface area contributed by atoms with E-state index in [1.807, 2.05) is 36.4 Å². The van der Waals surface area contributed by atoms with Gasteiger partial charge in [0.1, 0.15) is 0 Å². The summed E-state index contributed by atoms with van der Waals surface area (Å²) in [6, 6.07) is 50.4. The molecule has 4 nitrogen and oxygen atoms in total. The van der Waals surface area contributed by atoms with Gasteiger partial charge in [0.15, 0.2) is 11.6 Å². The molecule has 0 amide bonds. The highest BCUT2D eigenvalue weighted by Gasteiger charge is 2.18. The summed E-state index contributed by atoms with van der Waals surface area (Å²) < 4.78 is 2.15. The van der Waals surface area contributed by atoms with Crippen LogP contribution in [-0.2, 0) is 0 Å². The highest BCUT2D eigenvalue weighted by molar-refractivity contribution is 6.09. The van der Waals surface area contributed by atoms with Crippen molar-refractivity contribution in [3.63, 3.8) is 0 Å². The van der Waals surface area contributed by atoms with Crippen LogP contribution in [0.2, 0.25) is 0 Å². The van der Waals surface area contributed by atoms with Crippen LogP contribution in [0.4, 0.5) is 0 Å². The zero-order chi connectivity index (χ0) is 27.2. The minimum atomic E-state index is 0.601. The molecule has 0 radical (unpaired) electrons. The van der Waals surface area contributed by atoms with Crippen LogP contribution < -0.4 is 0 Å². The van der Waals surface area contributed by atoms with Crippen molar-refractivity contribution in [3.05, 3.63) is 146 Å². The van der Waals surface area contributed by atoms with Gasteiger partial charge in [-0.25, -0.2) is 4.98 Å². The van der Waals surface area contributed by atoms with Gasteiger partial charge in [0, 0.05) is 21.9 Å². The van der Waals surface area contributed by atoms with E-state index in [4.69, 9.17) is 15.0 Å². The van der Waals surface area contributed by atoms with Gasteiger partial charge >= 0.3 is 0 Å². The Kier molecular flexibility index (Phi) is 5.42. The SMILES string of the molecule is c1ccc(-c2ccc3c(-c4nc(-c5ccccc5)nc(-n5c6ccccc6c6ccccc65)n4)cccc3c2)cc1. The zero-order valence-electron chi connectivity index (χ0n) is 22.1. The lowest BCUT2D eigenvalue weighted by Crippen LogP contribution is -2.06. The maximum absolute atomic E-state index is 5.14. The number of para-hydroxylation sites is 2. The Labute approximate surface area is 237 Å². The maximum Gasteiger partial charge on any atom is 0.238 e. The highest BCUT2D eigenvalue weighted by Crippen LogP contribution is 2.34. The molecule has 0 atom stereocenters. The van der Waals surface area contributed by atoms with E-state index in [2.05, 4.69) is 114 Å². The molecular weight excluding hydrogens is 500 g/mol. The van der Waals surface area contributed by atoms with Crippen LogP contribution in [-0.4, -0.2) is 19.5 Å². The summed E-state index contributed by atoms with van der Waals surface area (Å²) in [7, 11) is 0. The van der Waals surface area contributed by atoms with E-state index in [1.165, 1.54) is 21.9 Å². The van der Waals surface area contributed by atoms with E-state index in [9.17, 15) is 0 Å². The number of hydrogen-bond acceptors (Lipinski definition) is 3. The smallest absolute Gasteiger partial charge is 0.238 e. The van der Waals surface area contributed by atoms with E-state index in [0.29, 0.717) is 17.6 Å². The molecule has 2 heterocycles. The summed E-state index contributed by atoms with van der Waals surface area (Å²) in [5.74, 6) is 1.89. The standard InChI is InChI=1S/C37H24N4/c1-3-12-25(13-4-1)27-22-23-29-28(24-27)16-11-19-32(29)36-38-35(26-14-5-2-6-15-26)39-37(40-36)41-33-20-9-7-17-30(33)31-18-8-10-21-34(31)41/h1-24H. The number of nitrogens with zero attached hydrogens (tertiary/aromatic N) is 4. The predicted molar refractivity (Wildman–Crippen MR) is 168 cm³/mol. The fourth-order valence-corrected chi connectivity index (χ4v) is 5.73. The van der Waals surface area contributed by atoms with Crippen molar-refractivity contribution in [2.45, 2.75) is 0 Å². The summed E-state index contributed by atoms with van der Waals surface area (Å²) in [6.45, 7) is 0. The molecule has 8 rings (SSSR count). The van der Waals surface area contributed by atoms with Crippen molar-refractivity contribution in [2.75, 3.05) is 0 Å². The van der Waals surface area contributed by atoms with Crippen molar-refractivity contribution in [1.82, 2.24) is 19.5 Å². The Balaban J connectivity index is 1.39. The molecule has 0 fully saturated rings. The zero-order valence-corrected chi connectivity index (χ0v) is 22.1. The molecule has 0 saturated heterocycles. The van der Waals surface area contributed by atoms with Crippen molar-refractivity contribution >= 4 is 32.6 Å². The molecule has 0 bridgehead atoms. The van der Waals surface area contributed by atoms with E-state index >= 15 is 0 Å². The van der Waals surface area contributed by atoms with Crippen molar-refractivity contribution in [1.29, 1.82) is 0 Å². The van der Waals surface area contributed by atoms with Gasteiger partial charge in [0.2, 0.25) is 5.95 Å². The summed E-state index contributed by atoms with van der Waals surface area (Å²) in [6.07, 6.45) is 0. The molecule has 41 heavy (non-hydrogen) atoms. The fraction of sp³-hybridized carbons (Fsp3) is 0. The molecular formula is C37H24N4. The van der Waals surface area contributed by atoms with E-state index in [-0.39, 0.29) is 0 Å². The minimum absolute atomic E-state index is 0.601. The summed E-state index contributed by atoms with van der Waals surface area (Å²) in [4.78, 5) is 15.2. The molecule has 4 heteroatoms. The summed E-state index contributed by atoms with van der Waals surface area (Å²) in [5, 5.41) is 4.59. The summed E-state index contributed by atoms with van der Waals surface area (Å²) in [5.41, 5.74) is 6.43. The average Bonchev–Trinajstić information content (AvgIpc) is 3.39. The largest absolute Gasteiger partial charge is 0.278 e. The van der Waals surface area contributed by atoms with Crippen LogP contribution in [0.5, 0.6) is 0 Å². The molecule has 8 aromatic rings. The van der Waals surface area contributed by atoms with Crippen molar-refractivity contribution in [3.8, 4) is 39.9 Å². The lowest BCUT2D eigenvalue weighted by molar-refractivity contribution is 0.954. The molecule has 0 unspecified atom stereocenters. The lowest BCUT2D eigenvalue weighted by Gasteiger charge is -2.12. The normalized spacial score (nSPS) is 11.4. The van der Waals surface area contributed by atoms with Crippen LogP contribution >= 0.6 is 0 Å². The first kappa shape index (κ1) is 23.3. The van der Waals surface area contributed by atoms with Gasteiger partial charge < -0.3 is 0 Å². The van der Waals surface area contributed by atoms with Gasteiger partial charge in [-0.1, -0.05) is 127 Å². The topological polar surface area (TPSA) is 43.6 Å². The Hall–Kier alpha value is -5.61. The summed E-state index contributed by atoms with van der Waals surface area (Å²) >= 11 is 0. The van der Waals surface area contributed by atoms with E-state index in [1.54, 1.807) is 0 Å². The third kappa shape index (κ3) is 3.97. The lowest BCUT2D eigenvalue weighted by atomic mass is 9.98. The first-order valence-corrected chi connectivity index (χ1v) is 13.7. The van der Waals surface area contributed by atoms with Gasteiger partial charge in [-0.15, -0.1) is 0 Å². The number of aromatic nitrogens is 4. The van der Waals surface area contributed by atoms with Gasteiger partial charge in [-0.2, -0.15) is 9.97 Å². The van der Waals surface area contributed by atoms with Gasteiger partial charge in [-0.3, -0.25) is 4.57 Å². The van der Waals surface area contributed by atoms with Gasteiger partial charge in [0.05, 0.1) is 11.0 Å². The minimum Gasteiger partial charge on any atom is -0.278 e. The molecule has 192 valence electrons. The Morgan fingerprint density at radius 2 is 1.00 bits per heavy atom. The second kappa shape index (κ2) is 9.54. The Bertz CT molecular complexity index is 2150. The molecule has 0 spiro atoms. The highest BCUT2D eigenvalue weighted by atomic mass is 15.2. The Morgan fingerprint density at radius 1 is 0.390 bits per heavy atom. The van der Waals surface area contributed by atoms with E-state index in [0.717, 1.165) is 32.9 Å². The fourth-order valence-electron chi connectivity index (χ4n) is 5.73. The molecule has 0 aliphatic rings. The second-order valence-electron chi connectivity index (χ2n) is 10.1. The molecule has 0 aliphatic heterocycles. The van der Waals surface area contributed by atoms with Crippen LogP contribution in [0, 0.1) is 0 Å². The first-order valence-electron chi connectivity index (χ1n) is 13.7. The number of benzene rings is 6. The number of fused-ring (bicyclic) bond motifs is 4.